The first-order chi connectivity index (χ1) is 16.4. The number of halogens is 1. The number of carbonyl (C=O) groups is 3. The SMILES string of the molecule is O=C(O)CC(CC(=O)NNC(=O)OCC1c2ccccc2-c2ccccc21)c1ccc(Cl)cc1. The molecule has 1 aliphatic carbocycles. The van der Waals surface area contributed by atoms with E-state index in [1.807, 2.05) is 48.5 Å². The maximum absolute atomic E-state index is 12.4. The lowest BCUT2D eigenvalue weighted by atomic mass is 9.92. The molecule has 0 aromatic heterocycles. The van der Waals surface area contributed by atoms with Gasteiger partial charge in [-0.15, -0.1) is 0 Å². The summed E-state index contributed by atoms with van der Waals surface area (Å²) in [5.74, 6) is -2.23. The minimum atomic E-state index is -1.03. The Kier molecular flexibility index (Phi) is 7.13. The third-order valence-corrected chi connectivity index (χ3v) is 6.09. The van der Waals surface area contributed by atoms with E-state index in [0.717, 1.165) is 22.3 Å². The summed E-state index contributed by atoms with van der Waals surface area (Å²) in [5, 5.41) is 9.71. The zero-order valence-corrected chi connectivity index (χ0v) is 18.9. The van der Waals surface area contributed by atoms with Gasteiger partial charge in [-0.1, -0.05) is 72.3 Å². The third kappa shape index (κ3) is 5.38. The lowest BCUT2D eigenvalue weighted by Crippen LogP contribution is -2.42. The minimum Gasteiger partial charge on any atom is -0.481 e. The third-order valence-electron chi connectivity index (χ3n) is 5.84. The average molecular weight is 479 g/mol. The Morgan fingerprint density at radius 3 is 2.03 bits per heavy atom. The van der Waals surface area contributed by atoms with Crippen LogP contribution < -0.4 is 10.9 Å². The summed E-state index contributed by atoms with van der Waals surface area (Å²) >= 11 is 5.89. The topological polar surface area (TPSA) is 105 Å². The van der Waals surface area contributed by atoms with Crippen molar-refractivity contribution in [2.24, 2.45) is 0 Å². The van der Waals surface area contributed by atoms with E-state index in [4.69, 9.17) is 16.3 Å². The number of hydrogen-bond donors (Lipinski definition) is 3. The van der Waals surface area contributed by atoms with Gasteiger partial charge < -0.3 is 9.84 Å². The van der Waals surface area contributed by atoms with Gasteiger partial charge in [-0.05, 0) is 39.9 Å². The average Bonchev–Trinajstić information content (AvgIpc) is 3.15. The number of hydrazine groups is 1. The largest absolute Gasteiger partial charge is 0.481 e. The molecule has 0 spiro atoms. The van der Waals surface area contributed by atoms with E-state index >= 15 is 0 Å². The smallest absolute Gasteiger partial charge is 0.426 e. The first-order valence-electron chi connectivity index (χ1n) is 10.8. The first-order valence-corrected chi connectivity index (χ1v) is 11.2. The molecule has 0 radical (unpaired) electrons. The molecule has 4 rings (SSSR count). The van der Waals surface area contributed by atoms with Crippen LogP contribution in [0.1, 0.15) is 41.4 Å². The van der Waals surface area contributed by atoms with Crippen molar-refractivity contribution in [1.82, 2.24) is 10.9 Å². The number of carboxylic acid groups (broad SMARTS) is 1. The molecule has 0 fully saturated rings. The molecule has 8 heteroatoms. The normalized spacial score (nSPS) is 12.9. The molecule has 34 heavy (non-hydrogen) atoms. The van der Waals surface area contributed by atoms with Crippen molar-refractivity contribution >= 4 is 29.6 Å². The molecule has 1 unspecified atom stereocenters. The molecular weight excluding hydrogens is 456 g/mol. The second-order valence-corrected chi connectivity index (χ2v) is 8.49. The Bertz CT molecular complexity index is 1170. The van der Waals surface area contributed by atoms with Crippen LogP contribution in [0.4, 0.5) is 4.79 Å². The van der Waals surface area contributed by atoms with E-state index in [-0.39, 0.29) is 25.4 Å². The number of aliphatic carboxylic acids is 1. The fourth-order valence-electron chi connectivity index (χ4n) is 4.28. The maximum Gasteiger partial charge on any atom is 0.426 e. The second kappa shape index (κ2) is 10.4. The highest BCUT2D eigenvalue weighted by molar-refractivity contribution is 6.30. The van der Waals surface area contributed by atoms with E-state index in [0.29, 0.717) is 10.6 Å². The zero-order chi connectivity index (χ0) is 24.1. The fourth-order valence-corrected chi connectivity index (χ4v) is 4.41. The summed E-state index contributed by atoms with van der Waals surface area (Å²) in [6, 6.07) is 22.6. The van der Waals surface area contributed by atoms with E-state index in [1.165, 1.54) is 0 Å². The molecular formula is C26H23ClN2O5. The highest BCUT2D eigenvalue weighted by Crippen LogP contribution is 2.44. The van der Waals surface area contributed by atoms with Gasteiger partial charge in [-0.3, -0.25) is 15.0 Å². The van der Waals surface area contributed by atoms with Crippen LogP contribution >= 0.6 is 11.6 Å². The predicted octanol–water partition coefficient (Wildman–Crippen LogP) is 4.86. The van der Waals surface area contributed by atoms with Gasteiger partial charge >= 0.3 is 12.1 Å². The highest BCUT2D eigenvalue weighted by Gasteiger charge is 2.29. The number of ether oxygens (including phenoxy) is 1. The van der Waals surface area contributed by atoms with Crippen LogP contribution in [0.2, 0.25) is 5.02 Å². The van der Waals surface area contributed by atoms with Gasteiger partial charge in [0.25, 0.3) is 0 Å². The molecule has 0 aliphatic heterocycles. The lowest BCUT2D eigenvalue weighted by Gasteiger charge is -2.17. The quantitative estimate of drug-likeness (QED) is 0.421. The van der Waals surface area contributed by atoms with Crippen LogP contribution in [-0.2, 0) is 14.3 Å². The predicted molar refractivity (Wildman–Crippen MR) is 127 cm³/mol. The van der Waals surface area contributed by atoms with Crippen LogP contribution in [0.3, 0.4) is 0 Å². The summed E-state index contributed by atoms with van der Waals surface area (Å²) in [7, 11) is 0. The standard InChI is InChI=1S/C26H23ClN2O5/c27-18-11-9-16(10-12-18)17(14-25(31)32)13-24(30)28-29-26(33)34-15-23-21-7-3-1-5-19(21)20-6-2-4-8-22(20)23/h1-12,17,23H,13-15H2,(H,28,30)(H,29,33)(H,31,32). The Balaban J connectivity index is 1.32. The van der Waals surface area contributed by atoms with Gasteiger partial charge in [0.1, 0.15) is 6.61 Å². The summed E-state index contributed by atoms with van der Waals surface area (Å²) < 4.78 is 5.38. The number of benzene rings is 3. The summed E-state index contributed by atoms with van der Waals surface area (Å²) in [6.45, 7) is 0.113. The van der Waals surface area contributed by atoms with Crippen molar-refractivity contribution < 1.29 is 24.2 Å². The molecule has 3 aromatic carbocycles. The number of hydrogen-bond acceptors (Lipinski definition) is 4. The highest BCUT2D eigenvalue weighted by atomic mass is 35.5. The minimum absolute atomic E-state index is 0.0984. The molecule has 2 amide bonds. The molecule has 0 bridgehead atoms. The van der Waals surface area contributed by atoms with Crippen LogP contribution in [0.5, 0.6) is 0 Å². The number of carbonyl (C=O) groups excluding carboxylic acids is 2. The monoisotopic (exact) mass is 478 g/mol. The van der Waals surface area contributed by atoms with Crippen LogP contribution in [0.15, 0.2) is 72.8 Å². The van der Waals surface area contributed by atoms with E-state index in [2.05, 4.69) is 10.9 Å². The number of amides is 2. The molecule has 3 aromatic rings. The number of rotatable bonds is 7. The van der Waals surface area contributed by atoms with Crippen LogP contribution in [0.25, 0.3) is 11.1 Å². The van der Waals surface area contributed by atoms with Gasteiger partial charge in [0.2, 0.25) is 5.91 Å². The Morgan fingerprint density at radius 1 is 0.853 bits per heavy atom. The number of fused-ring (bicyclic) bond motifs is 3. The van der Waals surface area contributed by atoms with E-state index in [1.54, 1.807) is 24.3 Å². The van der Waals surface area contributed by atoms with Gasteiger partial charge in [0.15, 0.2) is 0 Å². The molecule has 0 saturated heterocycles. The summed E-state index contributed by atoms with van der Waals surface area (Å²) in [6.07, 6.45) is -1.16. The first kappa shape index (κ1) is 23.3. The molecule has 1 aliphatic rings. The van der Waals surface area contributed by atoms with Gasteiger partial charge in [0.05, 0.1) is 6.42 Å². The Hall–Kier alpha value is -3.84. The van der Waals surface area contributed by atoms with E-state index < -0.39 is 23.9 Å². The van der Waals surface area contributed by atoms with Crippen molar-refractivity contribution in [1.29, 1.82) is 0 Å². The molecule has 174 valence electrons. The van der Waals surface area contributed by atoms with Crippen LogP contribution in [0, 0.1) is 0 Å². The van der Waals surface area contributed by atoms with Crippen LogP contribution in [-0.4, -0.2) is 29.7 Å². The maximum atomic E-state index is 12.4. The zero-order valence-electron chi connectivity index (χ0n) is 18.2. The van der Waals surface area contributed by atoms with Crippen molar-refractivity contribution in [2.75, 3.05) is 6.61 Å². The number of nitrogens with one attached hydrogen (secondary N) is 2. The second-order valence-electron chi connectivity index (χ2n) is 8.05. The summed E-state index contributed by atoms with van der Waals surface area (Å²) in [5.41, 5.74) is 9.61. The van der Waals surface area contributed by atoms with Crippen molar-refractivity contribution in [2.45, 2.75) is 24.7 Å². The van der Waals surface area contributed by atoms with Crippen molar-refractivity contribution in [3.8, 4) is 11.1 Å². The molecule has 3 N–H and O–H groups in total. The Morgan fingerprint density at radius 2 is 1.44 bits per heavy atom. The molecule has 0 saturated carbocycles. The van der Waals surface area contributed by atoms with Gasteiger partial charge in [0, 0.05) is 23.3 Å². The molecule has 0 heterocycles. The van der Waals surface area contributed by atoms with Crippen molar-refractivity contribution in [3.63, 3.8) is 0 Å². The van der Waals surface area contributed by atoms with Gasteiger partial charge in [-0.2, -0.15) is 0 Å². The van der Waals surface area contributed by atoms with E-state index in [9.17, 15) is 19.5 Å². The summed E-state index contributed by atoms with van der Waals surface area (Å²) in [4.78, 5) is 35.8. The number of carboxylic acids is 1. The van der Waals surface area contributed by atoms with Gasteiger partial charge in [-0.25, -0.2) is 10.2 Å². The fraction of sp³-hybridized carbons (Fsp3) is 0.192. The van der Waals surface area contributed by atoms with Crippen molar-refractivity contribution in [3.05, 3.63) is 94.5 Å². The molecule has 1 atom stereocenters. The lowest BCUT2D eigenvalue weighted by molar-refractivity contribution is -0.137. The Labute approximate surface area is 201 Å². The molecule has 7 nitrogen and oxygen atoms in total.